The van der Waals surface area contributed by atoms with Gasteiger partial charge in [-0.05, 0) is 74.3 Å². The van der Waals surface area contributed by atoms with Gasteiger partial charge in [-0.15, -0.1) is 0 Å². The third-order valence-corrected chi connectivity index (χ3v) is 8.53. The van der Waals surface area contributed by atoms with Crippen molar-refractivity contribution in [1.82, 2.24) is 10.6 Å². The highest BCUT2D eigenvalue weighted by atomic mass is 16.3. The van der Waals surface area contributed by atoms with Crippen LogP contribution in [0, 0.1) is 34.5 Å². The van der Waals surface area contributed by atoms with Gasteiger partial charge in [-0.1, -0.05) is 19.9 Å². The predicted molar refractivity (Wildman–Crippen MR) is 98.6 cm³/mol. The molecule has 0 aromatic heterocycles. The second-order valence-electron chi connectivity index (χ2n) is 9.25. The third kappa shape index (κ3) is 2.06. The summed E-state index contributed by atoms with van der Waals surface area (Å²) in [5, 5.41) is 17.3. The lowest BCUT2D eigenvalue weighted by Crippen LogP contribution is -2.60. The first-order chi connectivity index (χ1) is 11.4. The number of aliphatic hydroxyl groups excluding tert-OH is 1. The molecule has 2 saturated carbocycles. The molecule has 134 valence electrons. The van der Waals surface area contributed by atoms with E-state index in [4.69, 9.17) is 0 Å². The Morgan fingerprint density at radius 1 is 1.17 bits per heavy atom. The van der Waals surface area contributed by atoms with Crippen LogP contribution in [0.4, 0.5) is 0 Å². The molecule has 4 aliphatic carbocycles. The fourth-order valence-corrected chi connectivity index (χ4v) is 7.11. The fraction of sp³-hybridized carbons (Fsp3) is 0.810. The second kappa shape index (κ2) is 5.52. The number of allylic oxidation sites excluding steroid dienone is 4. The monoisotopic (exact) mass is 330 g/mol. The molecule has 2 fully saturated rings. The third-order valence-electron chi connectivity index (χ3n) is 8.53. The van der Waals surface area contributed by atoms with Crippen molar-refractivity contribution in [2.45, 2.75) is 58.4 Å². The first-order valence-corrected chi connectivity index (χ1v) is 9.89. The Balaban J connectivity index is 1.71. The normalized spacial score (nSPS) is 50.2. The van der Waals surface area contributed by atoms with Crippen LogP contribution in [0.25, 0.3) is 0 Å². The summed E-state index contributed by atoms with van der Waals surface area (Å²) in [6.07, 6.45) is 11.8. The summed E-state index contributed by atoms with van der Waals surface area (Å²) in [6.45, 7) is 5.02. The number of hydrogen-bond acceptors (Lipinski definition) is 3. The van der Waals surface area contributed by atoms with Crippen molar-refractivity contribution in [3.63, 3.8) is 0 Å². The van der Waals surface area contributed by atoms with Gasteiger partial charge in [0.15, 0.2) is 0 Å². The van der Waals surface area contributed by atoms with Gasteiger partial charge in [-0.2, -0.15) is 0 Å². The lowest BCUT2D eigenvalue weighted by atomic mass is 9.44. The number of aliphatic hydroxyl groups is 1. The molecule has 0 amide bonds. The van der Waals surface area contributed by atoms with E-state index in [9.17, 15) is 5.11 Å². The van der Waals surface area contributed by atoms with E-state index in [0.717, 1.165) is 30.6 Å². The molecule has 0 aromatic carbocycles. The van der Waals surface area contributed by atoms with Crippen molar-refractivity contribution in [3.05, 3.63) is 23.6 Å². The second-order valence-corrected chi connectivity index (χ2v) is 9.25. The molecule has 4 rings (SSSR count). The number of fused-ring (bicyclic) bond motifs is 5. The maximum Gasteiger partial charge on any atom is 0.0886 e. The summed E-state index contributed by atoms with van der Waals surface area (Å²) >= 11 is 0. The van der Waals surface area contributed by atoms with Gasteiger partial charge >= 0.3 is 0 Å². The van der Waals surface area contributed by atoms with E-state index in [2.05, 4.69) is 50.7 Å². The van der Waals surface area contributed by atoms with Crippen LogP contribution in [-0.2, 0) is 0 Å². The lowest BCUT2D eigenvalue weighted by molar-refractivity contribution is -0.0954. The lowest BCUT2D eigenvalue weighted by Gasteiger charge is -2.61. The van der Waals surface area contributed by atoms with Gasteiger partial charge in [0, 0.05) is 30.6 Å². The molecule has 0 radical (unpaired) electrons. The first kappa shape index (κ1) is 16.5. The van der Waals surface area contributed by atoms with E-state index >= 15 is 0 Å². The topological polar surface area (TPSA) is 44.3 Å². The quantitative estimate of drug-likeness (QED) is 0.717. The van der Waals surface area contributed by atoms with Crippen LogP contribution in [0.5, 0.6) is 0 Å². The largest absolute Gasteiger partial charge is 0.513 e. The molecule has 0 heterocycles. The molecule has 2 unspecified atom stereocenters. The van der Waals surface area contributed by atoms with E-state index in [1.807, 2.05) is 0 Å². The summed E-state index contributed by atoms with van der Waals surface area (Å²) in [7, 11) is 4.23. The van der Waals surface area contributed by atoms with Crippen LogP contribution >= 0.6 is 0 Å². The van der Waals surface area contributed by atoms with Gasteiger partial charge in [0.05, 0.1) is 5.76 Å². The van der Waals surface area contributed by atoms with Crippen LogP contribution in [0.15, 0.2) is 23.6 Å². The van der Waals surface area contributed by atoms with Crippen molar-refractivity contribution in [3.8, 4) is 0 Å². The molecule has 3 nitrogen and oxygen atoms in total. The van der Waals surface area contributed by atoms with Crippen molar-refractivity contribution in [2.24, 2.45) is 34.5 Å². The minimum atomic E-state index is 0.334. The summed E-state index contributed by atoms with van der Waals surface area (Å²) in [4.78, 5) is 0. The molecule has 0 bridgehead atoms. The Morgan fingerprint density at radius 2 is 1.96 bits per heavy atom. The summed E-state index contributed by atoms with van der Waals surface area (Å²) < 4.78 is 0. The Labute approximate surface area is 147 Å². The van der Waals surface area contributed by atoms with Crippen LogP contribution in [0.2, 0.25) is 0 Å². The molecule has 24 heavy (non-hydrogen) atoms. The van der Waals surface area contributed by atoms with Gasteiger partial charge in [0.1, 0.15) is 0 Å². The van der Waals surface area contributed by atoms with E-state index in [1.54, 1.807) is 0 Å². The molecule has 0 saturated heterocycles. The van der Waals surface area contributed by atoms with Crippen LogP contribution in [0.1, 0.15) is 52.4 Å². The Kier molecular flexibility index (Phi) is 3.80. The molecule has 3 N–H and O–H groups in total. The van der Waals surface area contributed by atoms with Crippen molar-refractivity contribution < 1.29 is 5.11 Å². The molecule has 0 spiro atoms. The molecule has 4 aliphatic rings. The number of hydrogen-bond donors (Lipinski definition) is 3. The molecule has 7 atom stereocenters. The molecule has 3 heteroatoms. The smallest absolute Gasteiger partial charge is 0.0886 e. The average molecular weight is 331 g/mol. The van der Waals surface area contributed by atoms with E-state index in [0.29, 0.717) is 28.5 Å². The zero-order valence-corrected chi connectivity index (χ0v) is 15.7. The van der Waals surface area contributed by atoms with Crippen molar-refractivity contribution in [1.29, 1.82) is 0 Å². The maximum absolute atomic E-state index is 10.1. The zero-order valence-electron chi connectivity index (χ0n) is 15.7. The molecular weight excluding hydrogens is 296 g/mol. The first-order valence-electron chi connectivity index (χ1n) is 9.89. The van der Waals surface area contributed by atoms with Crippen LogP contribution in [0.3, 0.4) is 0 Å². The molecule has 0 aliphatic heterocycles. The predicted octanol–water partition coefficient (Wildman–Crippen LogP) is 3.99. The van der Waals surface area contributed by atoms with Gasteiger partial charge in [0.25, 0.3) is 0 Å². The highest BCUT2D eigenvalue weighted by molar-refractivity contribution is 5.26. The van der Waals surface area contributed by atoms with Gasteiger partial charge in [0.2, 0.25) is 0 Å². The van der Waals surface area contributed by atoms with Gasteiger partial charge in [-0.25, -0.2) is 0 Å². The van der Waals surface area contributed by atoms with Crippen LogP contribution in [-0.4, -0.2) is 25.2 Å². The standard InChI is InChI=1S/C21H34N2O/c1-20-9-7-14(24)11-13(20)12-17(22-3)19-15-5-6-18(23-4)21(15,2)10-8-16(19)20/h6,11,13,15-17,19,22-24H,5,7-10,12H2,1-4H3/t13?,15-,16+,17?,19-,20-,21-/m0/s1. The minimum Gasteiger partial charge on any atom is -0.513 e. The minimum absolute atomic E-state index is 0.334. The zero-order chi connectivity index (χ0) is 17.1. The van der Waals surface area contributed by atoms with E-state index in [-0.39, 0.29) is 0 Å². The Morgan fingerprint density at radius 3 is 2.67 bits per heavy atom. The highest BCUT2D eigenvalue weighted by Gasteiger charge is 2.60. The Hall–Kier alpha value is -0.960. The maximum atomic E-state index is 10.1. The fourth-order valence-electron chi connectivity index (χ4n) is 7.11. The summed E-state index contributed by atoms with van der Waals surface area (Å²) in [5.41, 5.74) is 2.18. The van der Waals surface area contributed by atoms with Crippen LogP contribution < -0.4 is 10.6 Å². The van der Waals surface area contributed by atoms with Gasteiger partial charge in [-0.3, -0.25) is 0 Å². The number of nitrogens with one attached hydrogen (secondary N) is 2. The van der Waals surface area contributed by atoms with E-state index in [1.165, 1.54) is 31.4 Å². The van der Waals surface area contributed by atoms with Crippen molar-refractivity contribution in [2.75, 3.05) is 14.1 Å². The number of rotatable bonds is 2. The highest BCUT2D eigenvalue weighted by Crippen LogP contribution is 2.65. The molecule has 0 aromatic rings. The Bertz CT molecular complexity index is 582. The van der Waals surface area contributed by atoms with E-state index < -0.39 is 0 Å². The average Bonchev–Trinajstić information content (AvgIpc) is 2.91. The molecular formula is C21H34N2O. The SMILES string of the molecule is CNC1=CC[C@H]2[C@@H]3C(NC)CC4C=C(O)CC[C@]4(C)[C@@H]3CC[C@]12C. The summed E-state index contributed by atoms with van der Waals surface area (Å²) in [5.74, 6) is 3.46. The van der Waals surface area contributed by atoms with Crippen molar-refractivity contribution >= 4 is 0 Å². The van der Waals surface area contributed by atoms with Gasteiger partial charge < -0.3 is 15.7 Å². The summed E-state index contributed by atoms with van der Waals surface area (Å²) in [6, 6.07) is 0.574.